The number of urea groups is 1. The fourth-order valence-electron chi connectivity index (χ4n) is 2.28. The Kier molecular flexibility index (Phi) is 5.92. The van der Waals surface area contributed by atoms with Gasteiger partial charge in [-0.25, -0.2) is 9.78 Å². The molecule has 0 saturated carbocycles. The number of hydrogen-bond acceptors (Lipinski definition) is 4. The highest BCUT2D eigenvalue weighted by Gasteiger charge is 2.18. The van der Waals surface area contributed by atoms with Crippen LogP contribution in [-0.4, -0.2) is 16.9 Å². The molecule has 24 heavy (non-hydrogen) atoms. The predicted molar refractivity (Wildman–Crippen MR) is 96.1 cm³/mol. The summed E-state index contributed by atoms with van der Waals surface area (Å²) in [7, 11) is 0. The summed E-state index contributed by atoms with van der Waals surface area (Å²) in [6.45, 7) is 6.05. The third kappa shape index (κ3) is 5.06. The smallest absolute Gasteiger partial charge is 0.312 e. The van der Waals surface area contributed by atoms with E-state index >= 15 is 0 Å². The zero-order valence-electron chi connectivity index (χ0n) is 14.0. The number of nitrogens with zero attached hydrogens (tertiary/aromatic N) is 1. The maximum Gasteiger partial charge on any atom is 0.312 e. The van der Waals surface area contributed by atoms with Gasteiger partial charge in [-0.1, -0.05) is 43.7 Å². The number of primary amides is 1. The van der Waals surface area contributed by atoms with E-state index in [0.717, 1.165) is 16.8 Å². The molecule has 7 heteroatoms. The van der Waals surface area contributed by atoms with E-state index in [-0.39, 0.29) is 12.3 Å². The molecule has 2 rings (SSSR count). The van der Waals surface area contributed by atoms with Crippen LogP contribution in [-0.2, 0) is 4.79 Å². The lowest BCUT2D eigenvalue weighted by atomic mass is 10.0. The summed E-state index contributed by atoms with van der Waals surface area (Å²) in [6, 6.07) is 6.48. The van der Waals surface area contributed by atoms with Gasteiger partial charge in [-0.15, -0.1) is 11.3 Å². The first-order valence-electron chi connectivity index (χ1n) is 7.73. The van der Waals surface area contributed by atoms with Gasteiger partial charge >= 0.3 is 6.03 Å². The summed E-state index contributed by atoms with van der Waals surface area (Å²) < 4.78 is 0. The van der Waals surface area contributed by atoms with Crippen LogP contribution in [0.25, 0.3) is 0 Å². The Bertz CT molecular complexity index is 727. The third-order valence-electron chi connectivity index (χ3n) is 3.51. The van der Waals surface area contributed by atoms with E-state index in [4.69, 9.17) is 5.73 Å². The molecule has 0 saturated heterocycles. The SMILES string of the molecule is Cc1cccc([C@@H](CC(=O)Nc2nc(C(C)C)cs2)NC(N)=O)c1. The van der Waals surface area contributed by atoms with Gasteiger partial charge in [0.1, 0.15) is 0 Å². The Morgan fingerprint density at radius 3 is 2.67 bits per heavy atom. The number of hydrogen-bond donors (Lipinski definition) is 3. The molecule has 0 fully saturated rings. The summed E-state index contributed by atoms with van der Waals surface area (Å²) in [4.78, 5) is 27.9. The van der Waals surface area contributed by atoms with Crippen LogP contribution in [0, 0.1) is 6.92 Å². The maximum absolute atomic E-state index is 12.3. The van der Waals surface area contributed by atoms with Gasteiger partial charge in [0.2, 0.25) is 5.91 Å². The van der Waals surface area contributed by atoms with Crippen molar-refractivity contribution in [1.82, 2.24) is 10.3 Å². The molecule has 0 bridgehead atoms. The molecule has 128 valence electrons. The van der Waals surface area contributed by atoms with E-state index in [1.165, 1.54) is 11.3 Å². The van der Waals surface area contributed by atoms with Crippen molar-refractivity contribution in [3.63, 3.8) is 0 Å². The van der Waals surface area contributed by atoms with Crippen molar-refractivity contribution in [2.75, 3.05) is 5.32 Å². The highest BCUT2D eigenvalue weighted by Crippen LogP contribution is 2.23. The first-order chi connectivity index (χ1) is 11.3. The zero-order valence-corrected chi connectivity index (χ0v) is 14.8. The number of nitrogens with one attached hydrogen (secondary N) is 2. The summed E-state index contributed by atoms with van der Waals surface area (Å²) in [6.07, 6.45) is 0.0863. The molecule has 0 aliphatic rings. The quantitative estimate of drug-likeness (QED) is 0.748. The molecular weight excluding hydrogens is 324 g/mol. The molecule has 4 N–H and O–H groups in total. The molecule has 0 spiro atoms. The predicted octanol–water partition coefficient (Wildman–Crippen LogP) is 3.31. The molecule has 0 aliphatic heterocycles. The number of carbonyl (C=O) groups excluding carboxylic acids is 2. The number of aromatic nitrogens is 1. The third-order valence-corrected chi connectivity index (χ3v) is 4.29. The average Bonchev–Trinajstić information content (AvgIpc) is 2.94. The molecule has 3 amide bonds. The first-order valence-corrected chi connectivity index (χ1v) is 8.61. The minimum Gasteiger partial charge on any atom is -0.352 e. The molecule has 1 heterocycles. The Hall–Kier alpha value is -2.41. The second kappa shape index (κ2) is 7.92. The number of carbonyl (C=O) groups is 2. The molecule has 1 aromatic carbocycles. The van der Waals surface area contributed by atoms with Crippen molar-refractivity contribution in [3.05, 3.63) is 46.5 Å². The highest BCUT2D eigenvalue weighted by molar-refractivity contribution is 7.13. The van der Waals surface area contributed by atoms with Crippen LogP contribution < -0.4 is 16.4 Å². The highest BCUT2D eigenvalue weighted by atomic mass is 32.1. The standard InChI is InChI=1S/C17H22N4O2S/c1-10(2)14-9-24-17(20-14)21-15(22)8-13(19-16(18)23)12-6-4-5-11(3)7-12/h4-7,9-10,13H,8H2,1-3H3,(H3,18,19,23)(H,20,21,22)/t13-/m1/s1. The largest absolute Gasteiger partial charge is 0.352 e. The van der Waals surface area contributed by atoms with Crippen LogP contribution in [0.15, 0.2) is 29.6 Å². The van der Waals surface area contributed by atoms with Crippen LogP contribution in [0.2, 0.25) is 0 Å². The lowest BCUT2D eigenvalue weighted by molar-refractivity contribution is -0.116. The van der Waals surface area contributed by atoms with E-state index < -0.39 is 12.1 Å². The zero-order chi connectivity index (χ0) is 17.7. The van der Waals surface area contributed by atoms with E-state index in [2.05, 4.69) is 15.6 Å². The number of aryl methyl sites for hydroxylation is 1. The van der Waals surface area contributed by atoms with Gasteiger partial charge < -0.3 is 16.4 Å². The van der Waals surface area contributed by atoms with E-state index in [9.17, 15) is 9.59 Å². The van der Waals surface area contributed by atoms with Gasteiger partial charge in [0, 0.05) is 5.38 Å². The number of nitrogens with two attached hydrogens (primary N) is 1. The van der Waals surface area contributed by atoms with Crippen LogP contribution in [0.3, 0.4) is 0 Å². The monoisotopic (exact) mass is 346 g/mol. The normalized spacial score (nSPS) is 12.0. The molecule has 1 aromatic heterocycles. The Morgan fingerprint density at radius 1 is 1.33 bits per heavy atom. The van der Waals surface area contributed by atoms with Crippen molar-refractivity contribution in [2.45, 2.75) is 39.2 Å². The summed E-state index contributed by atoms with van der Waals surface area (Å²) in [5.41, 5.74) is 8.07. The van der Waals surface area contributed by atoms with Crippen LogP contribution >= 0.6 is 11.3 Å². The van der Waals surface area contributed by atoms with Crippen LogP contribution in [0.4, 0.5) is 9.93 Å². The van der Waals surface area contributed by atoms with Crippen molar-refractivity contribution in [3.8, 4) is 0 Å². The average molecular weight is 346 g/mol. The van der Waals surface area contributed by atoms with Crippen molar-refractivity contribution in [2.24, 2.45) is 5.73 Å². The second-order valence-corrected chi connectivity index (χ2v) is 6.82. The van der Waals surface area contributed by atoms with Crippen molar-refractivity contribution < 1.29 is 9.59 Å². The minimum absolute atomic E-state index is 0.0863. The van der Waals surface area contributed by atoms with E-state index in [0.29, 0.717) is 11.0 Å². The topological polar surface area (TPSA) is 97.1 Å². The number of amides is 3. The summed E-state index contributed by atoms with van der Waals surface area (Å²) >= 11 is 1.39. The lowest BCUT2D eigenvalue weighted by Crippen LogP contribution is -2.35. The van der Waals surface area contributed by atoms with Crippen molar-refractivity contribution in [1.29, 1.82) is 0 Å². The fraction of sp³-hybridized carbons (Fsp3) is 0.353. The second-order valence-electron chi connectivity index (χ2n) is 5.96. The number of thiazole rings is 1. The van der Waals surface area contributed by atoms with Gasteiger partial charge in [0.25, 0.3) is 0 Å². The fourth-order valence-corrected chi connectivity index (χ4v) is 3.16. The van der Waals surface area contributed by atoms with Crippen molar-refractivity contribution >= 4 is 28.4 Å². The Labute approximate surface area is 145 Å². The Balaban J connectivity index is 2.07. The number of rotatable bonds is 6. The first kappa shape index (κ1) is 17.9. The van der Waals surface area contributed by atoms with Gasteiger partial charge in [-0.05, 0) is 18.4 Å². The van der Waals surface area contributed by atoms with E-state index in [1.807, 2.05) is 50.4 Å². The summed E-state index contributed by atoms with van der Waals surface area (Å²) in [5, 5.41) is 7.90. The molecular formula is C17H22N4O2S. The number of benzene rings is 1. The van der Waals surface area contributed by atoms with Crippen LogP contribution in [0.1, 0.15) is 49.0 Å². The molecule has 1 atom stereocenters. The van der Waals surface area contributed by atoms with E-state index in [1.54, 1.807) is 0 Å². The van der Waals surface area contributed by atoms with Gasteiger partial charge in [-0.2, -0.15) is 0 Å². The number of anilines is 1. The molecule has 2 aromatic rings. The molecule has 0 unspecified atom stereocenters. The minimum atomic E-state index is -0.661. The van der Waals surface area contributed by atoms with Gasteiger partial charge in [-0.3, -0.25) is 4.79 Å². The molecule has 6 nitrogen and oxygen atoms in total. The van der Waals surface area contributed by atoms with Crippen LogP contribution in [0.5, 0.6) is 0 Å². The Morgan fingerprint density at radius 2 is 2.08 bits per heavy atom. The summed E-state index contributed by atoms with van der Waals surface area (Å²) in [5.74, 6) is 0.0865. The van der Waals surface area contributed by atoms with Gasteiger partial charge in [0.05, 0.1) is 18.2 Å². The molecule has 0 aliphatic carbocycles. The maximum atomic E-state index is 12.3. The lowest BCUT2D eigenvalue weighted by Gasteiger charge is -2.18. The molecule has 0 radical (unpaired) electrons. The van der Waals surface area contributed by atoms with Gasteiger partial charge in [0.15, 0.2) is 5.13 Å².